The van der Waals surface area contributed by atoms with Crippen LogP contribution in [0.1, 0.15) is 0 Å². The lowest BCUT2D eigenvalue weighted by molar-refractivity contribution is -0.384. The van der Waals surface area contributed by atoms with Crippen molar-refractivity contribution in [3.05, 3.63) is 63.9 Å². The summed E-state index contributed by atoms with van der Waals surface area (Å²) in [5.41, 5.74) is 1.15. The SMILES string of the molecule is O=C(CSc1ncc2ccccn12)Nc1ccc([N+](=O)[O-])cc1Cl. The van der Waals surface area contributed by atoms with E-state index in [1.807, 2.05) is 28.8 Å². The molecule has 122 valence electrons. The summed E-state index contributed by atoms with van der Waals surface area (Å²) in [5.74, 6) is -0.134. The van der Waals surface area contributed by atoms with Crippen molar-refractivity contribution >= 4 is 46.2 Å². The molecule has 1 N–H and O–H groups in total. The van der Waals surface area contributed by atoms with Crippen molar-refractivity contribution in [3.63, 3.8) is 0 Å². The second kappa shape index (κ2) is 6.90. The van der Waals surface area contributed by atoms with Crippen LogP contribution in [0.3, 0.4) is 0 Å². The molecule has 0 bridgehead atoms. The highest BCUT2D eigenvalue weighted by Gasteiger charge is 2.12. The van der Waals surface area contributed by atoms with Crippen LogP contribution in [0.25, 0.3) is 5.52 Å². The lowest BCUT2D eigenvalue weighted by Crippen LogP contribution is -2.14. The average Bonchev–Trinajstić information content (AvgIpc) is 2.98. The number of non-ortho nitro benzene ring substituents is 1. The van der Waals surface area contributed by atoms with Crippen molar-refractivity contribution in [2.75, 3.05) is 11.1 Å². The molecule has 3 aromatic rings. The van der Waals surface area contributed by atoms with E-state index in [4.69, 9.17) is 11.6 Å². The molecular formula is C15H11ClN4O3S. The average molecular weight is 363 g/mol. The number of aromatic nitrogens is 2. The number of rotatable bonds is 5. The van der Waals surface area contributed by atoms with E-state index in [9.17, 15) is 14.9 Å². The summed E-state index contributed by atoms with van der Waals surface area (Å²) in [7, 11) is 0. The van der Waals surface area contributed by atoms with Crippen molar-refractivity contribution in [1.82, 2.24) is 9.38 Å². The van der Waals surface area contributed by atoms with Crippen LogP contribution in [0.5, 0.6) is 0 Å². The van der Waals surface area contributed by atoms with E-state index in [1.54, 1.807) is 6.20 Å². The monoisotopic (exact) mass is 362 g/mol. The fourth-order valence-electron chi connectivity index (χ4n) is 2.06. The Morgan fingerprint density at radius 2 is 2.21 bits per heavy atom. The van der Waals surface area contributed by atoms with Crippen LogP contribution >= 0.6 is 23.4 Å². The van der Waals surface area contributed by atoms with Crippen LogP contribution in [0.2, 0.25) is 5.02 Å². The van der Waals surface area contributed by atoms with Crippen molar-refractivity contribution in [3.8, 4) is 0 Å². The Kier molecular flexibility index (Phi) is 4.68. The number of nitro groups is 1. The number of hydrogen-bond donors (Lipinski definition) is 1. The van der Waals surface area contributed by atoms with Crippen molar-refractivity contribution in [2.24, 2.45) is 0 Å². The highest BCUT2D eigenvalue weighted by molar-refractivity contribution is 7.99. The van der Waals surface area contributed by atoms with Crippen molar-refractivity contribution in [2.45, 2.75) is 5.16 Å². The molecule has 2 heterocycles. The number of fused-ring (bicyclic) bond motifs is 1. The van der Waals surface area contributed by atoms with E-state index in [1.165, 1.54) is 30.0 Å². The molecule has 2 aromatic heterocycles. The zero-order valence-corrected chi connectivity index (χ0v) is 13.8. The Morgan fingerprint density at radius 3 is 2.96 bits per heavy atom. The highest BCUT2D eigenvalue weighted by atomic mass is 35.5. The van der Waals surface area contributed by atoms with E-state index >= 15 is 0 Å². The third-order valence-corrected chi connectivity index (χ3v) is 4.45. The Labute approximate surface area is 145 Å². The van der Waals surface area contributed by atoms with Gasteiger partial charge in [-0.15, -0.1) is 0 Å². The van der Waals surface area contributed by atoms with Crippen LogP contribution < -0.4 is 5.32 Å². The first-order valence-corrected chi connectivity index (χ1v) is 8.19. The van der Waals surface area contributed by atoms with Crippen LogP contribution in [-0.4, -0.2) is 26.0 Å². The molecule has 0 aliphatic rings. The Bertz CT molecular complexity index is 928. The summed E-state index contributed by atoms with van der Waals surface area (Å²) in [6.45, 7) is 0. The summed E-state index contributed by atoms with van der Waals surface area (Å²) >= 11 is 7.24. The van der Waals surface area contributed by atoms with Gasteiger partial charge in [0.15, 0.2) is 5.16 Å². The lowest BCUT2D eigenvalue weighted by atomic mass is 10.3. The summed E-state index contributed by atoms with van der Waals surface area (Å²) in [6, 6.07) is 9.62. The summed E-state index contributed by atoms with van der Waals surface area (Å²) < 4.78 is 1.89. The molecular weight excluding hydrogens is 352 g/mol. The normalized spacial score (nSPS) is 10.7. The maximum atomic E-state index is 12.1. The van der Waals surface area contributed by atoms with Gasteiger partial charge in [0, 0.05) is 18.3 Å². The molecule has 1 amide bonds. The number of nitrogens with zero attached hydrogens (tertiary/aromatic N) is 3. The summed E-state index contributed by atoms with van der Waals surface area (Å²) in [4.78, 5) is 26.5. The van der Waals surface area contributed by atoms with Crippen molar-refractivity contribution < 1.29 is 9.72 Å². The summed E-state index contributed by atoms with van der Waals surface area (Å²) in [6.07, 6.45) is 3.60. The minimum Gasteiger partial charge on any atom is -0.324 e. The molecule has 0 fully saturated rings. The zero-order chi connectivity index (χ0) is 17.1. The maximum Gasteiger partial charge on any atom is 0.271 e. The molecule has 3 rings (SSSR count). The van der Waals surface area contributed by atoms with Gasteiger partial charge in [0.1, 0.15) is 0 Å². The molecule has 0 saturated heterocycles. The Morgan fingerprint density at radius 1 is 1.38 bits per heavy atom. The topological polar surface area (TPSA) is 89.5 Å². The number of imidazole rings is 1. The van der Waals surface area contributed by atoms with Crippen molar-refractivity contribution in [1.29, 1.82) is 0 Å². The molecule has 0 unspecified atom stereocenters. The number of anilines is 1. The van der Waals surface area contributed by atoms with Gasteiger partial charge in [-0.25, -0.2) is 4.98 Å². The van der Waals surface area contributed by atoms with E-state index in [0.717, 1.165) is 5.52 Å². The molecule has 0 spiro atoms. The standard InChI is InChI=1S/C15H11ClN4O3S/c16-12-7-10(20(22)23)4-5-13(12)18-14(21)9-24-15-17-8-11-3-1-2-6-19(11)15/h1-8H,9H2,(H,18,21). The largest absolute Gasteiger partial charge is 0.324 e. The number of benzene rings is 1. The number of pyridine rings is 1. The summed E-state index contributed by atoms with van der Waals surface area (Å²) in [5, 5.41) is 14.1. The number of amides is 1. The van der Waals surface area contributed by atoms with Gasteiger partial charge in [-0.05, 0) is 18.2 Å². The number of thioether (sulfide) groups is 1. The predicted molar refractivity (Wildman–Crippen MR) is 92.7 cm³/mol. The number of hydrogen-bond acceptors (Lipinski definition) is 5. The molecule has 7 nitrogen and oxygen atoms in total. The molecule has 0 saturated carbocycles. The maximum absolute atomic E-state index is 12.1. The fourth-order valence-corrected chi connectivity index (χ4v) is 3.05. The Hall–Kier alpha value is -2.58. The number of nitro benzene ring substituents is 1. The third-order valence-electron chi connectivity index (χ3n) is 3.17. The van der Waals surface area contributed by atoms with Crippen LogP contribution in [0.15, 0.2) is 53.9 Å². The zero-order valence-electron chi connectivity index (χ0n) is 12.2. The predicted octanol–water partition coefficient (Wildman–Crippen LogP) is 3.63. The van der Waals surface area contributed by atoms with E-state index in [0.29, 0.717) is 10.8 Å². The van der Waals surface area contributed by atoms with Gasteiger partial charge in [-0.1, -0.05) is 29.4 Å². The number of carbonyl (C=O) groups excluding carboxylic acids is 1. The minimum absolute atomic E-state index is 0.119. The van der Waals surface area contributed by atoms with E-state index in [-0.39, 0.29) is 22.4 Å². The smallest absolute Gasteiger partial charge is 0.271 e. The molecule has 0 aliphatic heterocycles. The second-order valence-corrected chi connectivity index (χ2v) is 6.14. The van der Waals surface area contributed by atoms with Gasteiger partial charge >= 0.3 is 0 Å². The molecule has 24 heavy (non-hydrogen) atoms. The van der Waals surface area contributed by atoms with Gasteiger partial charge in [-0.2, -0.15) is 0 Å². The number of halogens is 1. The lowest BCUT2D eigenvalue weighted by Gasteiger charge is -2.06. The highest BCUT2D eigenvalue weighted by Crippen LogP contribution is 2.27. The van der Waals surface area contributed by atoms with E-state index in [2.05, 4.69) is 10.3 Å². The fraction of sp³-hybridized carbons (Fsp3) is 0.0667. The molecule has 0 radical (unpaired) electrons. The Balaban J connectivity index is 1.65. The van der Waals surface area contributed by atoms with Crippen LogP contribution in [-0.2, 0) is 4.79 Å². The first kappa shape index (κ1) is 16.3. The van der Waals surface area contributed by atoms with Gasteiger partial charge in [-0.3, -0.25) is 19.3 Å². The second-order valence-electron chi connectivity index (χ2n) is 4.79. The minimum atomic E-state index is -0.545. The van der Waals surface area contributed by atoms with Gasteiger partial charge in [0.05, 0.1) is 33.1 Å². The first-order chi connectivity index (χ1) is 11.5. The van der Waals surface area contributed by atoms with Gasteiger partial charge in [0.2, 0.25) is 5.91 Å². The van der Waals surface area contributed by atoms with Crippen LogP contribution in [0.4, 0.5) is 11.4 Å². The molecule has 1 aromatic carbocycles. The molecule has 9 heteroatoms. The number of carbonyl (C=O) groups is 1. The molecule has 0 aliphatic carbocycles. The van der Waals surface area contributed by atoms with Gasteiger partial charge < -0.3 is 5.32 Å². The number of nitrogens with one attached hydrogen (secondary N) is 1. The quantitative estimate of drug-likeness (QED) is 0.425. The van der Waals surface area contributed by atoms with E-state index < -0.39 is 4.92 Å². The van der Waals surface area contributed by atoms with Gasteiger partial charge in [0.25, 0.3) is 5.69 Å². The first-order valence-electron chi connectivity index (χ1n) is 6.83. The van der Waals surface area contributed by atoms with Crippen LogP contribution in [0, 0.1) is 10.1 Å². The third kappa shape index (κ3) is 3.50. The molecule has 0 atom stereocenters.